The van der Waals surface area contributed by atoms with E-state index in [4.69, 9.17) is 0 Å². The van der Waals surface area contributed by atoms with Crippen LogP contribution in [-0.4, -0.2) is 24.3 Å². The molecule has 2 N–H and O–H groups in total. The van der Waals surface area contributed by atoms with E-state index >= 15 is 0 Å². The van der Waals surface area contributed by atoms with Crippen LogP contribution in [0.4, 0.5) is 0 Å². The van der Waals surface area contributed by atoms with Gasteiger partial charge in [-0.25, -0.2) is 0 Å². The summed E-state index contributed by atoms with van der Waals surface area (Å²) in [6.45, 7) is 3.63. The Morgan fingerprint density at radius 3 is 2.75 bits per heavy atom. The minimum absolute atomic E-state index is 0.542. The highest BCUT2D eigenvalue weighted by Crippen LogP contribution is 1.95. The molecule has 0 spiro atoms. The Morgan fingerprint density at radius 2 is 2.06 bits per heavy atom. The maximum atomic E-state index is 9.57. The Balaban J connectivity index is 2.29. The molecule has 1 rings (SSSR count). The van der Waals surface area contributed by atoms with Gasteiger partial charge in [-0.3, -0.25) is 0 Å². The standard InChI is InChI=1S/C14H19NO/c1-2-3-11-15-12-14(16)10-9-13-7-5-4-6-8-13/h4-8,14-16H,2-3,11-12H2,1H3. The summed E-state index contributed by atoms with van der Waals surface area (Å²) in [5, 5.41) is 12.7. The number of unbranched alkanes of at least 4 members (excludes halogenated alkanes) is 1. The van der Waals surface area contributed by atoms with Gasteiger partial charge in [0.05, 0.1) is 0 Å². The van der Waals surface area contributed by atoms with Crippen molar-refractivity contribution in [3.63, 3.8) is 0 Å². The third-order valence-electron chi connectivity index (χ3n) is 2.20. The Labute approximate surface area is 97.7 Å². The smallest absolute Gasteiger partial charge is 0.127 e. The normalized spacial score (nSPS) is 11.6. The van der Waals surface area contributed by atoms with E-state index in [0.717, 1.165) is 18.5 Å². The van der Waals surface area contributed by atoms with E-state index < -0.39 is 6.10 Å². The molecule has 16 heavy (non-hydrogen) atoms. The largest absolute Gasteiger partial charge is 0.379 e. The Bertz CT molecular complexity index is 337. The van der Waals surface area contributed by atoms with Crippen LogP contribution in [0.15, 0.2) is 30.3 Å². The quantitative estimate of drug-likeness (QED) is 0.582. The summed E-state index contributed by atoms with van der Waals surface area (Å²) < 4.78 is 0. The first-order chi connectivity index (χ1) is 7.83. The molecule has 0 fully saturated rings. The van der Waals surface area contributed by atoms with Crippen LogP contribution >= 0.6 is 0 Å². The van der Waals surface area contributed by atoms with Crippen LogP contribution < -0.4 is 5.32 Å². The lowest BCUT2D eigenvalue weighted by molar-refractivity contribution is 0.228. The second-order valence-electron chi connectivity index (χ2n) is 3.71. The van der Waals surface area contributed by atoms with Gasteiger partial charge in [-0.05, 0) is 25.1 Å². The summed E-state index contributed by atoms with van der Waals surface area (Å²) >= 11 is 0. The molecular formula is C14H19NO. The fourth-order valence-electron chi connectivity index (χ4n) is 1.28. The highest BCUT2D eigenvalue weighted by molar-refractivity contribution is 5.34. The molecule has 0 bridgehead atoms. The monoisotopic (exact) mass is 217 g/mol. The van der Waals surface area contributed by atoms with Crippen molar-refractivity contribution < 1.29 is 5.11 Å². The van der Waals surface area contributed by atoms with Crippen LogP contribution in [0.3, 0.4) is 0 Å². The van der Waals surface area contributed by atoms with E-state index in [0.29, 0.717) is 6.54 Å². The van der Waals surface area contributed by atoms with Crippen LogP contribution in [0.5, 0.6) is 0 Å². The average Bonchev–Trinajstić information content (AvgIpc) is 2.33. The first kappa shape index (κ1) is 12.8. The second-order valence-corrected chi connectivity index (χ2v) is 3.71. The molecule has 0 aliphatic carbocycles. The molecule has 1 atom stereocenters. The maximum Gasteiger partial charge on any atom is 0.127 e. The molecule has 1 aromatic rings. The molecule has 2 nitrogen and oxygen atoms in total. The molecule has 0 saturated carbocycles. The first-order valence-corrected chi connectivity index (χ1v) is 5.78. The van der Waals surface area contributed by atoms with E-state index in [1.807, 2.05) is 30.3 Å². The van der Waals surface area contributed by atoms with Crippen molar-refractivity contribution in [2.24, 2.45) is 0 Å². The average molecular weight is 217 g/mol. The summed E-state index contributed by atoms with van der Waals surface area (Å²) in [6, 6.07) is 9.70. The molecule has 0 aliphatic heterocycles. The summed E-state index contributed by atoms with van der Waals surface area (Å²) in [7, 11) is 0. The molecule has 0 aliphatic rings. The minimum atomic E-state index is -0.586. The topological polar surface area (TPSA) is 32.3 Å². The maximum absolute atomic E-state index is 9.57. The number of rotatable bonds is 5. The number of benzene rings is 1. The Kier molecular flexibility index (Phi) is 6.32. The van der Waals surface area contributed by atoms with E-state index in [9.17, 15) is 5.11 Å². The van der Waals surface area contributed by atoms with Crippen LogP contribution in [0.2, 0.25) is 0 Å². The number of hydrogen-bond acceptors (Lipinski definition) is 2. The minimum Gasteiger partial charge on any atom is -0.379 e. The van der Waals surface area contributed by atoms with Gasteiger partial charge in [0.1, 0.15) is 6.10 Å². The first-order valence-electron chi connectivity index (χ1n) is 5.78. The van der Waals surface area contributed by atoms with Crippen LogP contribution in [0.1, 0.15) is 25.3 Å². The fourth-order valence-corrected chi connectivity index (χ4v) is 1.28. The van der Waals surface area contributed by atoms with Gasteiger partial charge in [0.15, 0.2) is 0 Å². The van der Waals surface area contributed by atoms with Gasteiger partial charge in [-0.1, -0.05) is 43.4 Å². The number of aliphatic hydroxyl groups excluding tert-OH is 1. The lowest BCUT2D eigenvalue weighted by Crippen LogP contribution is -2.26. The van der Waals surface area contributed by atoms with Gasteiger partial charge in [0.25, 0.3) is 0 Å². The van der Waals surface area contributed by atoms with Crippen molar-refractivity contribution in [1.29, 1.82) is 0 Å². The van der Waals surface area contributed by atoms with Crippen molar-refractivity contribution in [2.75, 3.05) is 13.1 Å². The molecule has 0 aromatic heterocycles. The second kappa shape index (κ2) is 7.92. The van der Waals surface area contributed by atoms with Crippen LogP contribution in [0, 0.1) is 11.8 Å². The lowest BCUT2D eigenvalue weighted by Gasteiger charge is -2.04. The molecule has 2 heteroatoms. The van der Waals surface area contributed by atoms with Gasteiger partial charge in [-0.15, -0.1) is 0 Å². The molecule has 1 unspecified atom stereocenters. The van der Waals surface area contributed by atoms with Crippen molar-refractivity contribution in [3.05, 3.63) is 35.9 Å². The van der Waals surface area contributed by atoms with Crippen molar-refractivity contribution in [3.8, 4) is 11.8 Å². The van der Waals surface area contributed by atoms with Gasteiger partial charge in [0, 0.05) is 12.1 Å². The van der Waals surface area contributed by atoms with Crippen molar-refractivity contribution in [2.45, 2.75) is 25.9 Å². The van der Waals surface area contributed by atoms with Gasteiger partial charge in [-0.2, -0.15) is 0 Å². The number of nitrogens with one attached hydrogen (secondary N) is 1. The zero-order valence-corrected chi connectivity index (χ0v) is 9.74. The van der Waals surface area contributed by atoms with Crippen LogP contribution in [0.25, 0.3) is 0 Å². The van der Waals surface area contributed by atoms with Crippen LogP contribution in [-0.2, 0) is 0 Å². The number of hydrogen-bond donors (Lipinski definition) is 2. The fraction of sp³-hybridized carbons (Fsp3) is 0.429. The SMILES string of the molecule is CCCCNCC(O)C#Cc1ccccc1. The lowest BCUT2D eigenvalue weighted by atomic mass is 10.2. The zero-order valence-electron chi connectivity index (χ0n) is 9.74. The zero-order chi connectivity index (χ0) is 11.6. The summed E-state index contributed by atoms with van der Waals surface area (Å²) in [5.41, 5.74) is 0.940. The summed E-state index contributed by atoms with van der Waals surface area (Å²) in [4.78, 5) is 0. The Hall–Kier alpha value is -1.30. The third kappa shape index (κ3) is 5.55. The van der Waals surface area contributed by atoms with E-state index in [-0.39, 0.29) is 0 Å². The Morgan fingerprint density at radius 1 is 1.31 bits per heavy atom. The highest BCUT2D eigenvalue weighted by atomic mass is 16.3. The van der Waals surface area contributed by atoms with E-state index in [1.165, 1.54) is 6.42 Å². The van der Waals surface area contributed by atoms with Gasteiger partial charge < -0.3 is 10.4 Å². The molecule has 0 amide bonds. The summed E-state index contributed by atoms with van der Waals surface area (Å²) in [6.07, 6.45) is 1.72. The molecule has 0 saturated heterocycles. The van der Waals surface area contributed by atoms with Gasteiger partial charge in [0.2, 0.25) is 0 Å². The van der Waals surface area contributed by atoms with Crippen molar-refractivity contribution >= 4 is 0 Å². The van der Waals surface area contributed by atoms with Gasteiger partial charge >= 0.3 is 0 Å². The summed E-state index contributed by atoms with van der Waals surface area (Å²) in [5.74, 6) is 5.76. The van der Waals surface area contributed by atoms with Crippen molar-refractivity contribution in [1.82, 2.24) is 5.32 Å². The molecule has 1 aromatic carbocycles. The predicted molar refractivity (Wildman–Crippen MR) is 67.1 cm³/mol. The molecular weight excluding hydrogens is 198 g/mol. The number of aliphatic hydroxyl groups is 1. The predicted octanol–water partition coefficient (Wildman–Crippen LogP) is 1.79. The highest BCUT2D eigenvalue weighted by Gasteiger charge is 1.96. The molecule has 86 valence electrons. The van der Waals surface area contributed by atoms with E-state index in [1.54, 1.807) is 0 Å². The molecule has 0 radical (unpaired) electrons. The van der Waals surface area contributed by atoms with E-state index in [2.05, 4.69) is 24.1 Å². The third-order valence-corrected chi connectivity index (χ3v) is 2.20. The molecule has 0 heterocycles.